The normalized spacial score (nSPS) is 26.9. The largest absolute Gasteiger partial charge is 0.462 e. The summed E-state index contributed by atoms with van der Waals surface area (Å²) < 4.78 is 11.4. The molecule has 29 heavy (non-hydrogen) atoms. The van der Waals surface area contributed by atoms with Gasteiger partial charge in [-0.1, -0.05) is 37.3 Å². The molecule has 7 heteroatoms. The van der Waals surface area contributed by atoms with Gasteiger partial charge in [0.1, 0.15) is 30.2 Å². The highest BCUT2D eigenvalue weighted by Crippen LogP contribution is 2.30. The molecule has 7 nitrogen and oxygen atoms in total. The highest BCUT2D eigenvalue weighted by molar-refractivity contribution is 5.52. The number of ether oxygens (including phenoxy) is 2. The van der Waals surface area contributed by atoms with E-state index >= 15 is 0 Å². The first-order valence-corrected chi connectivity index (χ1v) is 9.82. The summed E-state index contributed by atoms with van der Waals surface area (Å²) in [6.45, 7) is 1.61. The number of hydrogen-bond acceptors (Lipinski definition) is 7. The minimum absolute atomic E-state index is 0.487. The van der Waals surface area contributed by atoms with Crippen molar-refractivity contribution in [1.29, 1.82) is 0 Å². The Labute approximate surface area is 170 Å². The fourth-order valence-electron chi connectivity index (χ4n) is 3.37. The van der Waals surface area contributed by atoms with Gasteiger partial charge in [-0.3, -0.25) is 0 Å². The molecule has 2 aromatic rings. The van der Waals surface area contributed by atoms with Crippen LogP contribution in [0.4, 0.5) is 5.69 Å². The van der Waals surface area contributed by atoms with Crippen molar-refractivity contribution >= 4 is 5.69 Å². The predicted octanol–water partition coefficient (Wildman–Crippen LogP) is 1.06. The van der Waals surface area contributed by atoms with Crippen molar-refractivity contribution in [3.05, 3.63) is 59.2 Å². The van der Waals surface area contributed by atoms with Gasteiger partial charge in [0.15, 0.2) is 0 Å². The monoisotopic (exact) mass is 403 g/mol. The summed E-state index contributed by atoms with van der Waals surface area (Å²) in [4.78, 5) is 0. The topological polar surface area (TPSA) is 111 Å². The van der Waals surface area contributed by atoms with Crippen molar-refractivity contribution in [2.45, 2.75) is 50.5 Å². The molecule has 0 aliphatic carbocycles. The first-order chi connectivity index (χ1) is 14.0. The number of aliphatic hydroxyl groups excluding tert-OH is 4. The van der Waals surface area contributed by atoms with Crippen LogP contribution in [0.2, 0.25) is 0 Å². The van der Waals surface area contributed by atoms with Gasteiger partial charge in [0.2, 0.25) is 6.29 Å². The van der Waals surface area contributed by atoms with E-state index in [0.717, 1.165) is 23.2 Å². The maximum Gasteiger partial charge on any atom is 0.229 e. The molecule has 1 aliphatic heterocycles. The molecular formula is C22H29NO6. The number of hydrogen-bond donors (Lipinski definition) is 5. The number of aliphatic hydroxyl groups is 4. The van der Waals surface area contributed by atoms with Crippen LogP contribution in [0.5, 0.6) is 5.75 Å². The molecule has 158 valence electrons. The van der Waals surface area contributed by atoms with Crippen molar-refractivity contribution in [3.63, 3.8) is 0 Å². The second-order valence-corrected chi connectivity index (χ2v) is 7.23. The van der Waals surface area contributed by atoms with Gasteiger partial charge in [0.05, 0.1) is 6.61 Å². The van der Waals surface area contributed by atoms with Gasteiger partial charge in [-0.15, -0.1) is 0 Å². The first kappa shape index (κ1) is 21.5. The van der Waals surface area contributed by atoms with Crippen LogP contribution in [-0.4, -0.2) is 64.8 Å². The SMILES string of the molecule is CCc1ccc(Cc2ccc(NC)cc2O[C@@H]2O[C@H](CO)[C@@H](O)[C@H](O)[C@H]2O)cc1. The Bertz CT molecular complexity index is 794. The zero-order valence-electron chi connectivity index (χ0n) is 16.7. The Morgan fingerprint density at radius 1 is 0.966 bits per heavy atom. The number of benzene rings is 2. The number of rotatable bonds is 7. The van der Waals surface area contributed by atoms with Gasteiger partial charge in [-0.2, -0.15) is 0 Å². The maximum absolute atomic E-state index is 10.3. The van der Waals surface area contributed by atoms with Gasteiger partial charge in [0.25, 0.3) is 0 Å². The van der Waals surface area contributed by atoms with Gasteiger partial charge in [-0.25, -0.2) is 0 Å². The molecule has 0 amide bonds. The fourth-order valence-corrected chi connectivity index (χ4v) is 3.37. The van der Waals surface area contributed by atoms with E-state index < -0.39 is 37.3 Å². The zero-order chi connectivity index (χ0) is 21.0. The standard InChI is InChI=1S/C22H29NO6/c1-3-13-4-6-14(7-5-13)10-15-8-9-16(23-2)11-17(15)28-22-21(27)20(26)19(25)18(12-24)29-22/h4-9,11,18-27H,3,10,12H2,1-2H3/t18-,19-,20+,21-,22-/m1/s1. The van der Waals surface area contributed by atoms with Crippen molar-refractivity contribution < 1.29 is 29.9 Å². The summed E-state index contributed by atoms with van der Waals surface area (Å²) in [5, 5.41) is 42.7. The van der Waals surface area contributed by atoms with E-state index in [-0.39, 0.29) is 0 Å². The summed E-state index contributed by atoms with van der Waals surface area (Å²) >= 11 is 0. The van der Waals surface area contributed by atoms with Crippen LogP contribution in [0.15, 0.2) is 42.5 Å². The van der Waals surface area contributed by atoms with Crippen LogP contribution in [-0.2, 0) is 17.6 Å². The lowest BCUT2D eigenvalue weighted by atomic mass is 9.99. The molecular weight excluding hydrogens is 374 g/mol. The third-order valence-electron chi connectivity index (χ3n) is 5.27. The average molecular weight is 403 g/mol. The molecule has 2 aromatic carbocycles. The molecule has 0 spiro atoms. The third-order valence-corrected chi connectivity index (χ3v) is 5.27. The van der Waals surface area contributed by atoms with Crippen LogP contribution in [0.1, 0.15) is 23.6 Å². The second-order valence-electron chi connectivity index (χ2n) is 7.23. The second kappa shape index (κ2) is 9.56. The average Bonchev–Trinajstić information content (AvgIpc) is 2.75. The van der Waals surface area contributed by atoms with Crippen molar-refractivity contribution in [2.24, 2.45) is 0 Å². The lowest BCUT2D eigenvalue weighted by Crippen LogP contribution is -2.60. The summed E-state index contributed by atoms with van der Waals surface area (Å²) in [6.07, 6.45) is -5.01. The molecule has 3 rings (SSSR count). The highest BCUT2D eigenvalue weighted by atomic mass is 16.7. The van der Waals surface area contributed by atoms with E-state index in [2.05, 4.69) is 36.5 Å². The molecule has 0 unspecified atom stereocenters. The van der Waals surface area contributed by atoms with Crippen molar-refractivity contribution in [2.75, 3.05) is 19.0 Å². The highest BCUT2D eigenvalue weighted by Gasteiger charge is 2.44. The van der Waals surface area contributed by atoms with Crippen LogP contribution in [0.3, 0.4) is 0 Å². The first-order valence-electron chi connectivity index (χ1n) is 9.82. The quantitative estimate of drug-likeness (QED) is 0.470. The Kier molecular flexibility index (Phi) is 7.10. The van der Waals surface area contributed by atoms with E-state index in [1.807, 2.05) is 12.1 Å². The Balaban J connectivity index is 1.84. The summed E-state index contributed by atoms with van der Waals surface area (Å²) in [5.41, 5.74) is 4.06. The molecule has 0 saturated carbocycles. The van der Waals surface area contributed by atoms with E-state index in [4.69, 9.17) is 9.47 Å². The smallest absolute Gasteiger partial charge is 0.229 e. The van der Waals surface area contributed by atoms with Gasteiger partial charge >= 0.3 is 0 Å². The maximum atomic E-state index is 10.3. The minimum atomic E-state index is -1.48. The van der Waals surface area contributed by atoms with Crippen LogP contribution in [0.25, 0.3) is 0 Å². The van der Waals surface area contributed by atoms with Crippen LogP contribution < -0.4 is 10.1 Å². The summed E-state index contributed by atoms with van der Waals surface area (Å²) in [6, 6.07) is 14.0. The summed E-state index contributed by atoms with van der Waals surface area (Å²) in [7, 11) is 1.79. The van der Waals surface area contributed by atoms with Crippen molar-refractivity contribution in [3.8, 4) is 5.75 Å². The van der Waals surface area contributed by atoms with E-state index in [0.29, 0.717) is 12.2 Å². The van der Waals surface area contributed by atoms with Gasteiger partial charge < -0.3 is 35.2 Å². The Hall–Kier alpha value is -2.16. The fraction of sp³-hybridized carbons (Fsp3) is 0.455. The molecule has 1 heterocycles. The molecule has 0 aromatic heterocycles. The molecule has 5 atom stereocenters. The number of nitrogens with one attached hydrogen (secondary N) is 1. The van der Waals surface area contributed by atoms with E-state index in [9.17, 15) is 20.4 Å². The van der Waals surface area contributed by atoms with E-state index in [1.165, 1.54) is 5.56 Å². The van der Waals surface area contributed by atoms with Gasteiger partial charge in [-0.05, 0) is 29.2 Å². The molecule has 5 N–H and O–H groups in total. The molecule has 0 radical (unpaired) electrons. The Morgan fingerprint density at radius 2 is 1.66 bits per heavy atom. The Morgan fingerprint density at radius 3 is 2.28 bits per heavy atom. The van der Waals surface area contributed by atoms with E-state index in [1.54, 1.807) is 13.1 Å². The number of aryl methyl sites for hydroxylation is 1. The minimum Gasteiger partial charge on any atom is -0.462 e. The molecule has 1 fully saturated rings. The van der Waals surface area contributed by atoms with Crippen LogP contribution >= 0.6 is 0 Å². The zero-order valence-corrected chi connectivity index (χ0v) is 16.7. The molecule has 0 bridgehead atoms. The predicted molar refractivity (Wildman–Crippen MR) is 109 cm³/mol. The van der Waals surface area contributed by atoms with Crippen molar-refractivity contribution in [1.82, 2.24) is 0 Å². The molecule has 1 saturated heterocycles. The molecule has 1 aliphatic rings. The lowest BCUT2D eigenvalue weighted by Gasteiger charge is -2.39. The third kappa shape index (κ3) is 4.88. The number of anilines is 1. The van der Waals surface area contributed by atoms with Gasteiger partial charge in [0, 0.05) is 25.2 Å². The lowest BCUT2D eigenvalue weighted by molar-refractivity contribution is -0.277. The summed E-state index contributed by atoms with van der Waals surface area (Å²) in [5.74, 6) is 0.487. The van der Waals surface area contributed by atoms with Crippen LogP contribution in [0, 0.1) is 0 Å².